The molecule has 5 heteroatoms. The number of imidazole rings is 1. The molecule has 2 amide bonds. The van der Waals surface area contributed by atoms with Gasteiger partial charge in [0.2, 0.25) is 0 Å². The van der Waals surface area contributed by atoms with Crippen LogP contribution in [0.4, 0.5) is 4.79 Å². The Morgan fingerprint density at radius 2 is 2.00 bits per heavy atom. The fourth-order valence-corrected chi connectivity index (χ4v) is 3.63. The highest BCUT2D eigenvalue weighted by molar-refractivity contribution is 5.74. The average Bonchev–Trinajstić information content (AvgIpc) is 3.13. The maximum Gasteiger partial charge on any atom is 0.319 e. The number of rotatable bonds is 0. The Labute approximate surface area is 123 Å². The molecular weight excluding hydrogens is 264 g/mol. The van der Waals surface area contributed by atoms with E-state index in [1.165, 1.54) is 11.3 Å². The highest BCUT2D eigenvalue weighted by Gasteiger charge is 2.43. The Hall–Kier alpha value is -2.30. The third-order valence-corrected chi connectivity index (χ3v) is 4.57. The SMILES string of the molecule is CN(C)C(=O)N1C[C@@H]2c3nccn3-c3ccccc3[C@@H]2C1. The van der Waals surface area contributed by atoms with Gasteiger partial charge in [-0.25, -0.2) is 9.78 Å². The third kappa shape index (κ3) is 1.70. The van der Waals surface area contributed by atoms with Gasteiger partial charge >= 0.3 is 6.03 Å². The van der Waals surface area contributed by atoms with Gasteiger partial charge in [-0.3, -0.25) is 0 Å². The van der Waals surface area contributed by atoms with E-state index in [-0.39, 0.29) is 6.03 Å². The number of nitrogens with zero attached hydrogens (tertiary/aromatic N) is 4. The van der Waals surface area contributed by atoms with Crippen LogP contribution in [-0.2, 0) is 0 Å². The van der Waals surface area contributed by atoms with E-state index in [9.17, 15) is 4.79 Å². The maximum absolute atomic E-state index is 12.3. The summed E-state index contributed by atoms with van der Waals surface area (Å²) in [5, 5.41) is 0. The van der Waals surface area contributed by atoms with Crippen LogP contribution >= 0.6 is 0 Å². The molecule has 2 aliphatic rings. The van der Waals surface area contributed by atoms with Gasteiger partial charge in [0, 0.05) is 51.4 Å². The summed E-state index contributed by atoms with van der Waals surface area (Å²) in [5.74, 6) is 1.71. The van der Waals surface area contributed by atoms with Gasteiger partial charge in [-0.05, 0) is 11.6 Å². The Kier molecular flexibility index (Phi) is 2.58. The third-order valence-electron chi connectivity index (χ3n) is 4.57. The Bertz CT molecular complexity index is 706. The molecule has 0 unspecified atom stereocenters. The fraction of sp³-hybridized carbons (Fsp3) is 0.375. The van der Waals surface area contributed by atoms with Gasteiger partial charge in [-0.1, -0.05) is 18.2 Å². The zero-order valence-corrected chi connectivity index (χ0v) is 12.2. The highest BCUT2D eigenvalue weighted by atomic mass is 16.2. The second-order valence-corrected chi connectivity index (χ2v) is 6.01. The second kappa shape index (κ2) is 4.35. The lowest BCUT2D eigenvalue weighted by Crippen LogP contribution is -2.37. The lowest BCUT2D eigenvalue weighted by molar-refractivity contribution is 0.181. The van der Waals surface area contributed by atoms with Gasteiger partial charge in [-0.15, -0.1) is 0 Å². The predicted octanol–water partition coefficient (Wildman–Crippen LogP) is 2.05. The number of hydrogen-bond acceptors (Lipinski definition) is 2. The molecule has 1 saturated heterocycles. The molecule has 2 aliphatic heterocycles. The average molecular weight is 282 g/mol. The normalized spacial score (nSPS) is 22.5. The van der Waals surface area contributed by atoms with E-state index in [2.05, 4.69) is 33.8 Å². The number of amides is 2. The fourth-order valence-electron chi connectivity index (χ4n) is 3.63. The van der Waals surface area contributed by atoms with E-state index < -0.39 is 0 Å². The number of benzene rings is 1. The Balaban J connectivity index is 1.79. The molecular formula is C16H18N4O. The minimum Gasteiger partial charge on any atom is -0.331 e. The van der Waals surface area contributed by atoms with E-state index in [4.69, 9.17) is 0 Å². The number of para-hydroxylation sites is 1. The van der Waals surface area contributed by atoms with Crippen LogP contribution in [0.5, 0.6) is 0 Å². The summed E-state index contributed by atoms with van der Waals surface area (Å²) >= 11 is 0. The van der Waals surface area contributed by atoms with Crippen molar-refractivity contribution in [3.63, 3.8) is 0 Å². The summed E-state index contributed by atoms with van der Waals surface area (Å²) in [6.45, 7) is 1.51. The molecule has 2 aromatic rings. The number of carbonyl (C=O) groups excluding carboxylic acids is 1. The monoisotopic (exact) mass is 282 g/mol. The van der Waals surface area contributed by atoms with Crippen molar-refractivity contribution >= 4 is 6.03 Å². The summed E-state index contributed by atoms with van der Waals surface area (Å²) in [4.78, 5) is 20.4. The molecule has 0 saturated carbocycles. The Morgan fingerprint density at radius 1 is 1.24 bits per heavy atom. The summed E-state index contributed by atoms with van der Waals surface area (Å²) in [6.07, 6.45) is 3.87. The van der Waals surface area contributed by atoms with Crippen LogP contribution in [0.1, 0.15) is 23.2 Å². The number of aromatic nitrogens is 2. The summed E-state index contributed by atoms with van der Waals surface area (Å²) < 4.78 is 2.17. The van der Waals surface area contributed by atoms with Crippen LogP contribution in [-0.4, -0.2) is 52.6 Å². The van der Waals surface area contributed by atoms with Gasteiger partial charge in [0.25, 0.3) is 0 Å². The second-order valence-electron chi connectivity index (χ2n) is 6.01. The molecule has 1 aromatic carbocycles. The highest BCUT2D eigenvalue weighted by Crippen LogP contribution is 2.45. The molecule has 1 aromatic heterocycles. The largest absolute Gasteiger partial charge is 0.331 e. The lowest BCUT2D eigenvalue weighted by Gasteiger charge is -2.28. The first kappa shape index (κ1) is 12.4. The molecule has 0 bridgehead atoms. The zero-order chi connectivity index (χ0) is 14.6. The van der Waals surface area contributed by atoms with E-state index in [1.807, 2.05) is 17.3 Å². The van der Waals surface area contributed by atoms with Gasteiger partial charge in [-0.2, -0.15) is 0 Å². The van der Waals surface area contributed by atoms with E-state index >= 15 is 0 Å². The smallest absolute Gasteiger partial charge is 0.319 e. The van der Waals surface area contributed by atoms with Crippen LogP contribution in [0.2, 0.25) is 0 Å². The van der Waals surface area contributed by atoms with E-state index in [0.717, 1.165) is 18.9 Å². The summed E-state index contributed by atoms with van der Waals surface area (Å²) in [7, 11) is 3.61. The molecule has 1 fully saturated rings. The van der Waals surface area contributed by atoms with Crippen molar-refractivity contribution in [2.75, 3.05) is 27.2 Å². The molecule has 21 heavy (non-hydrogen) atoms. The van der Waals surface area contributed by atoms with Crippen LogP contribution in [0, 0.1) is 0 Å². The van der Waals surface area contributed by atoms with Crippen molar-refractivity contribution in [3.05, 3.63) is 48.0 Å². The minimum atomic E-state index is 0.0833. The van der Waals surface area contributed by atoms with Crippen molar-refractivity contribution < 1.29 is 4.79 Å². The summed E-state index contributed by atoms with van der Waals surface area (Å²) in [6, 6.07) is 8.53. The van der Waals surface area contributed by atoms with Gasteiger partial charge < -0.3 is 14.4 Å². The van der Waals surface area contributed by atoms with Crippen molar-refractivity contribution in [1.29, 1.82) is 0 Å². The molecule has 108 valence electrons. The molecule has 0 spiro atoms. The Morgan fingerprint density at radius 3 is 2.81 bits per heavy atom. The van der Waals surface area contributed by atoms with Crippen molar-refractivity contribution in [2.24, 2.45) is 0 Å². The number of hydrogen-bond donors (Lipinski definition) is 0. The molecule has 0 aliphatic carbocycles. The van der Waals surface area contributed by atoms with E-state index in [1.54, 1.807) is 19.0 Å². The molecule has 2 atom stereocenters. The van der Waals surface area contributed by atoms with Gasteiger partial charge in [0.1, 0.15) is 5.82 Å². The van der Waals surface area contributed by atoms with Crippen molar-refractivity contribution in [1.82, 2.24) is 19.4 Å². The standard InChI is InChI=1S/C16H18N4O/c1-18(2)16(21)19-9-12-11-5-3-4-6-14(11)20-8-7-17-15(20)13(12)10-19/h3-8,12-13H,9-10H2,1-2H3/t12-,13-/m0/s1. The van der Waals surface area contributed by atoms with Crippen LogP contribution in [0.15, 0.2) is 36.7 Å². The minimum absolute atomic E-state index is 0.0833. The number of fused-ring (bicyclic) bond motifs is 6. The number of likely N-dealkylation sites (tertiary alicyclic amines) is 1. The van der Waals surface area contributed by atoms with Crippen molar-refractivity contribution in [2.45, 2.75) is 11.8 Å². The van der Waals surface area contributed by atoms with Crippen LogP contribution in [0.3, 0.4) is 0 Å². The molecule has 4 rings (SSSR count). The van der Waals surface area contributed by atoms with E-state index in [0.29, 0.717) is 11.8 Å². The van der Waals surface area contributed by atoms with Gasteiger partial charge in [0.15, 0.2) is 0 Å². The lowest BCUT2D eigenvalue weighted by atomic mass is 9.84. The molecule has 0 N–H and O–H groups in total. The molecule has 5 nitrogen and oxygen atoms in total. The first-order valence-corrected chi connectivity index (χ1v) is 7.25. The maximum atomic E-state index is 12.3. The summed E-state index contributed by atoms with van der Waals surface area (Å²) in [5.41, 5.74) is 2.52. The van der Waals surface area contributed by atoms with Crippen molar-refractivity contribution in [3.8, 4) is 5.69 Å². The first-order valence-electron chi connectivity index (χ1n) is 7.25. The van der Waals surface area contributed by atoms with Crippen LogP contribution < -0.4 is 0 Å². The zero-order valence-electron chi connectivity index (χ0n) is 12.2. The molecule has 3 heterocycles. The first-order chi connectivity index (χ1) is 10.2. The topological polar surface area (TPSA) is 41.4 Å². The van der Waals surface area contributed by atoms with Gasteiger partial charge in [0.05, 0.1) is 5.69 Å². The molecule has 0 radical (unpaired) electrons. The quantitative estimate of drug-likeness (QED) is 0.742. The van der Waals surface area contributed by atoms with Crippen LogP contribution in [0.25, 0.3) is 5.69 Å². The number of carbonyl (C=O) groups is 1. The number of urea groups is 1. The predicted molar refractivity (Wildman–Crippen MR) is 79.7 cm³/mol.